The van der Waals surface area contributed by atoms with Gasteiger partial charge >= 0.3 is 6.18 Å². The van der Waals surface area contributed by atoms with Crippen LogP contribution in [0.1, 0.15) is 27.8 Å². The van der Waals surface area contributed by atoms with E-state index >= 15 is 0 Å². The number of carbonyl (C=O) groups is 2. The van der Waals surface area contributed by atoms with Crippen LogP contribution in [0, 0.1) is 20.8 Å². The highest BCUT2D eigenvalue weighted by Crippen LogP contribution is 2.29. The first-order valence-electron chi connectivity index (χ1n) is 8.37. The van der Waals surface area contributed by atoms with Crippen LogP contribution >= 0.6 is 0 Å². The molecule has 0 radical (unpaired) electrons. The summed E-state index contributed by atoms with van der Waals surface area (Å²) in [5.74, 6) is -0.927. The molecule has 4 nitrogen and oxygen atoms in total. The lowest BCUT2D eigenvalue weighted by atomic mass is 10.1. The molecule has 27 heavy (non-hydrogen) atoms. The number of hydrogen-bond donors (Lipinski definition) is 2. The summed E-state index contributed by atoms with van der Waals surface area (Å²) >= 11 is 0. The molecule has 0 heterocycles. The van der Waals surface area contributed by atoms with Crippen molar-refractivity contribution in [3.63, 3.8) is 0 Å². The Labute approximate surface area is 155 Å². The topological polar surface area (TPSA) is 58.2 Å². The predicted molar refractivity (Wildman–Crippen MR) is 97.4 cm³/mol. The summed E-state index contributed by atoms with van der Waals surface area (Å²) < 4.78 is 38.1. The molecule has 144 valence electrons. The second-order valence-electron chi connectivity index (χ2n) is 6.47. The Hall–Kier alpha value is -2.83. The summed E-state index contributed by atoms with van der Waals surface area (Å²) in [5.41, 5.74) is 3.02. The van der Waals surface area contributed by atoms with Gasteiger partial charge in [0.15, 0.2) is 0 Å². The van der Waals surface area contributed by atoms with Crippen molar-refractivity contribution in [3.8, 4) is 0 Å². The average molecular weight is 378 g/mol. The number of amides is 2. The van der Waals surface area contributed by atoms with Crippen LogP contribution in [-0.4, -0.2) is 18.4 Å². The number of nitrogens with one attached hydrogen (secondary N) is 2. The SMILES string of the molecule is Cc1cc(C)c(NC(=O)CNC(=O)Cc2cccc(C(F)(F)F)c2)c(C)c1. The normalized spacial score (nSPS) is 11.2. The molecule has 7 heteroatoms. The molecule has 0 aliphatic carbocycles. The van der Waals surface area contributed by atoms with Gasteiger partial charge < -0.3 is 10.6 Å². The van der Waals surface area contributed by atoms with E-state index in [2.05, 4.69) is 10.6 Å². The molecule has 0 saturated carbocycles. The van der Waals surface area contributed by atoms with Crippen LogP contribution in [0.25, 0.3) is 0 Å². The maximum absolute atomic E-state index is 12.7. The standard InChI is InChI=1S/C20H21F3N2O2/c1-12-7-13(2)19(14(3)8-12)25-18(27)11-24-17(26)10-15-5-4-6-16(9-15)20(21,22)23/h4-9H,10-11H2,1-3H3,(H,24,26)(H,25,27). The third-order valence-electron chi connectivity index (χ3n) is 4.01. The minimum atomic E-state index is -4.46. The largest absolute Gasteiger partial charge is 0.416 e. The van der Waals surface area contributed by atoms with Gasteiger partial charge in [-0.1, -0.05) is 35.9 Å². The summed E-state index contributed by atoms with van der Waals surface area (Å²) in [6.45, 7) is 5.45. The number of halogens is 3. The van der Waals surface area contributed by atoms with Gasteiger partial charge in [-0.25, -0.2) is 0 Å². The third kappa shape index (κ3) is 5.84. The van der Waals surface area contributed by atoms with Crippen molar-refractivity contribution in [3.05, 3.63) is 64.2 Å². The maximum Gasteiger partial charge on any atom is 0.416 e. The van der Waals surface area contributed by atoms with E-state index < -0.39 is 23.6 Å². The number of carbonyl (C=O) groups excluding carboxylic acids is 2. The van der Waals surface area contributed by atoms with Crippen LogP contribution in [-0.2, 0) is 22.2 Å². The summed E-state index contributed by atoms with van der Waals surface area (Å²) in [5, 5.41) is 5.18. The Morgan fingerprint density at radius 3 is 2.19 bits per heavy atom. The molecule has 0 bridgehead atoms. The lowest BCUT2D eigenvalue weighted by Gasteiger charge is -2.13. The van der Waals surface area contributed by atoms with E-state index in [1.165, 1.54) is 12.1 Å². The number of anilines is 1. The van der Waals surface area contributed by atoms with Gasteiger partial charge in [0.1, 0.15) is 0 Å². The van der Waals surface area contributed by atoms with Gasteiger partial charge in [-0.05, 0) is 43.5 Å². The molecule has 2 rings (SSSR count). The number of hydrogen-bond acceptors (Lipinski definition) is 2. The zero-order chi connectivity index (χ0) is 20.2. The lowest BCUT2D eigenvalue weighted by molar-refractivity contribution is -0.137. The fourth-order valence-electron chi connectivity index (χ4n) is 2.85. The van der Waals surface area contributed by atoms with Crippen molar-refractivity contribution < 1.29 is 22.8 Å². The van der Waals surface area contributed by atoms with Crippen molar-refractivity contribution in [2.45, 2.75) is 33.4 Å². The highest BCUT2D eigenvalue weighted by atomic mass is 19.4. The fraction of sp³-hybridized carbons (Fsp3) is 0.300. The van der Waals surface area contributed by atoms with Crippen LogP contribution in [0.15, 0.2) is 36.4 Å². The second kappa shape index (κ2) is 8.24. The molecule has 0 spiro atoms. The second-order valence-corrected chi connectivity index (χ2v) is 6.47. The van der Waals surface area contributed by atoms with Crippen molar-refractivity contribution >= 4 is 17.5 Å². The highest BCUT2D eigenvalue weighted by molar-refractivity contribution is 5.96. The van der Waals surface area contributed by atoms with E-state index in [4.69, 9.17) is 0 Å². The molecular formula is C20H21F3N2O2. The molecule has 2 aromatic rings. The summed E-state index contributed by atoms with van der Waals surface area (Å²) in [7, 11) is 0. The van der Waals surface area contributed by atoms with Crippen LogP contribution < -0.4 is 10.6 Å². The summed E-state index contributed by atoms with van der Waals surface area (Å²) in [6.07, 6.45) is -4.70. The van der Waals surface area contributed by atoms with Crippen LogP contribution in [0.2, 0.25) is 0 Å². The Morgan fingerprint density at radius 2 is 1.59 bits per heavy atom. The molecule has 0 atom stereocenters. The van der Waals surface area contributed by atoms with Gasteiger partial charge in [0.25, 0.3) is 0 Å². The monoisotopic (exact) mass is 378 g/mol. The van der Waals surface area contributed by atoms with Crippen molar-refractivity contribution in [1.82, 2.24) is 5.32 Å². The lowest BCUT2D eigenvalue weighted by Crippen LogP contribution is -2.34. The molecule has 2 aromatic carbocycles. The Kier molecular flexibility index (Phi) is 6.25. The maximum atomic E-state index is 12.7. The van der Waals surface area contributed by atoms with Gasteiger partial charge in [-0.15, -0.1) is 0 Å². The zero-order valence-corrected chi connectivity index (χ0v) is 15.3. The van der Waals surface area contributed by atoms with Crippen molar-refractivity contribution in [2.75, 3.05) is 11.9 Å². The number of aryl methyl sites for hydroxylation is 3. The fourth-order valence-corrected chi connectivity index (χ4v) is 2.85. The first-order chi connectivity index (χ1) is 12.6. The van der Waals surface area contributed by atoms with E-state index in [0.717, 1.165) is 28.8 Å². The highest BCUT2D eigenvalue weighted by Gasteiger charge is 2.30. The average Bonchev–Trinajstić information content (AvgIpc) is 2.56. The van der Waals surface area contributed by atoms with Gasteiger partial charge in [0.05, 0.1) is 18.5 Å². The number of benzene rings is 2. The summed E-state index contributed by atoms with van der Waals surface area (Å²) in [4.78, 5) is 24.0. The van der Waals surface area contributed by atoms with Crippen molar-refractivity contribution in [1.29, 1.82) is 0 Å². The first kappa shape index (κ1) is 20.5. The minimum Gasteiger partial charge on any atom is -0.347 e. The van der Waals surface area contributed by atoms with E-state index in [1.54, 1.807) is 0 Å². The van der Waals surface area contributed by atoms with Crippen LogP contribution in [0.5, 0.6) is 0 Å². The Balaban J connectivity index is 1.92. The van der Waals surface area contributed by atoms with Crippen LogP contribution in [0.4, 0.5) is 18.9 Å². The summed E-state index contributed by atoms with van der Waals surface area (Å²) in [6, 6.07) is 8.44. The molecule has 0 saturated heterocycles. The first-order valence-corrected chi connectivity index (χ1v) is 8.37. The van der Waals surface area contributed by atoms with E-state index in [9.17, 15) is 22.8 Å². The predicted octanol–water partition coefficient (Wildman–Crippen LogP) is 3.93. The van der Waals surface area contributed by atoms with E-state index in [-0.39, 0.29) is 18.5 Å². The van der Waals surface area contributed by atoms with Gasteiger partial charge in [0, 0.05) is 5.69 Å². The number of alkyl halides is 3. The molecule has 2 N–H and O–H groups in total. The van der Waals surface area contributed by atoms with Gasteiger partial charge in [0.2, 0.25) is 11.8 Å². The van der Waals surface area contributed by atoms with Crippen LogP contribution in [0.3, 0.4) is 0 Å². The minimum absolute atomic E-state index is 0.230. The molecule has 0 aromatic heterocycles. The van der Waals surface area contributed by atoms with Gasteiger partial charge in [-0.2, -0.15) is 13.2 Å². The third-order valence-corrected chi connectivity index (χ3v) is 4.01. The van der Waals surface area contributed by atoms with Crippen molar-refractivity contribution in [2.24, 2.45) is 0 Å². The molecule has 2 amide bonds. The van der Waals surface area contributed by atoms with E-state index in [1.807, 2.05) is 32.9 Å². The van der Waals surface area contributed by atoms with E-state index in [0.29, 0.717) is 5.69 Å². The Morgan fingerprint density at radius 1 is 0.963 bits per heavy atom. The smallest absolute Gasteiger partial charge is 0.347 e. The molecule has 0 aliphatic heterocycles. The molecular weight excluding hydrogens is 357 g/mol. The number of rotatable bonds is 5. The quantitative estimate of drug-likeness (QED) is 0.828. The van der Waals surface area contributed by atoms with Gasteiger partial charge in [-0.3, -0.25) is 9.59 Å². The molecule has 0 fully saturated rings. The Bertz CT molecular complexity index is 838. The zero-order valence-electron chi connectivity index (χ0n) is 15.3. The molecule has 0 unspecified atom stereocenters. The molecule has 0 aliphatic rings.